The number of ether oxygens (including phenoxy) is 2. The molecule has 6 nitrogen and oxygen atoms in total. The van der Waals surface area contributed by atoms with Gasteiger partial charge in [0, 0.05) is 35.5 Å². The Bertz CT molecular complexity index is 1300. The van der Waals surface area contributed by atoms with Crippen molar-refractivity contribution in [1.82, 2.24) is 0 Å². The zero-order chi connectivity index (χ0) is 23.8. The van der Waals surface area contributed by atoms with Gasteiger partial charge in [-0.15, -0.1) is 0 Å². The highest BCUT2D eigenvalue weighted by Crippen LogP contribution is 2.42. The molecule has 0 aliphatic carbocycles. The van der Waals surface area contributed by atoms with Crippen LogP contribution >= 0.6 is 11.6 Å². The second-order valence-electron chi connectivity index (χ2n) is 8.05. The van der Waals surface area contributed by atoms with Gasteiger partial charge in [-0.1, -0.05) is 23.7 Å². The average Bonchev–Trinajstić information content (AvgIpc) is 3.18. The third kappa shape index (κ3) is 3.97. The van der Waals surface area contributed by atoms with E-state index >= 15 is 0 Å². The summed E-state index contributed by atoms with van der Waals surface area (Å²) >= 11 is 6.56. The van der Waals surface area contributed by atoms with E-state index in [1.807, 2.05) is 24.3 Å². The summed E-state index contributed by atoms with van der Waals surface area (Å²) in [7, 11) is 1.36. The second kappa shape index (κ2) is 9.00. The van der Waals surface area contributed by atoms with Crippen LogP contribution in [-0.4, -0.2) is 44.4 Å². The Morgan fingerprint density at radius 1 is 1.09 bits per heavy atom. The fourth-order valence-electron chi connectivity index (χ4n) is 4.28. The third-order valence-electron chi connectivity index (χ3n) is 6.07. The Morgan fingerprint density at radius 3 is 2.50 bits per heavy atom. The number of benzene rings is 3. The van der Waals surface area contributed by atoms with Crippen molar-refractivity contribution in [3.05, 3.63) is 76.6 Å². The summed E-state index contributed by atoms with van der Waals surface area (Å²) < 4.78 is 24.6. The number of nitrogens with zero attached hydrogens (tertiary/aromatic N) is 1. The van der Waals surface area contributed by atoms with Gasteiger partial charge in [0.15, 0.2) is 11.6 Å². The van der Waals surface area contributed by atoms with Crippen LogP contribution in [0.2, 0.25) is 5.02 Å². The number of morpholine rings is 1. The van der Waals surface area contributed by atoms with Gasteiger partial charge in [0.2, 0.25) is 0 Å². The molecule has 1 saturated heterocycles. The van der Waals surface area contributed by atoms with Crippen molar-refractivity contribution in [1.29, 1.82) is 0 Å². The van der Waals surface area contributed by atoms with E-state index in [2.05, 4.69) is 10.2 Å². The largest absolute Gasteiger partial charge is 0.506 e. The molecule has 34 heavy (non-hydrogen) atoms. The summed E-state index contributed by atoms with van der Waals surface area (Å²) in [5.41, 5.74) is 3.90. The van der Waals surface area contributed by atoms with E-state index in [0.29, 0.717) is 29.5 Å². The maximum absolute atomic E-state index is 14.2. The number of aliphatic hydroxyl groups is 1. The van der Waals surface area contributed by atoms with Crippen molar-refractivity contribution in [2.24, 2.45) is 0 Å². The summed E-state index contributed by atoms with van der Waals surface area (Å²) in [4.78, 5) is 15.0. The first kappa shape index (κ1) is 22.3. The van der Waals surface area contributed by atoms with E-state index < -0.39 is 11.7 Å². The lowest BCUT2D eigenvalue weighted by Gasteiger charge is -2.29. The number of methoxy groups -OCH3 is 1. The maximum Gasteiger partial charge on any atom is 0.260 e. The zero-order valence-electron chi connectivity index (χ0n) is 18.4. The van der Waals surface area contributed by atoms with Gasteiger partial charge in [0.05, 0.1) is 36.6 Å². The monoisotopic (exact) mass is 480 g/mol. The fraction of sp³-hybridized carbons (Fsp3) is 0.192. The van der Waals surface area contributed by atoms with Crippen LogP contribution < -0.4 is 15.0 Å². The molecule has 2 aliphatic rings. The highest BCUT2D eigenvalue weighted by atomic mass is 35.5. The topological polar surface area (TPSA) is 71.0 Å². The summed E-state index contributed by atoms with van der Waals surface area (Å²) in [6.07, 6.45) is 0. The highest BCUT2D eigenvalue weighted by Gasteiger charge is 2.30. The minimum Gasteiger partial charge on any atom is -0.506 e. The highest BCUT2D eigenvalue weighted by molar-refractivity contribution is 6.38. The molecule has 0 atom stereocenters. The molecule has 0 spiro atoms. The Kier molecular flexibility index (Phi) is 5.89. The van der Waals surface area contributed by atoms with Gasteiger partial charge < -0.3 is 24.8 Å². The quantitative estimate of drug-likeness (QED) is 0.388. The van der Waals surface area contributed by atoms with Crippen LogP contribution in [0.15, 0.2) is 54.6 Å². The fourth-order valence-corrected chi connectivity index (χ4v) is 4.55. The predicted molar refractivity (Wildman–Crippen MR) is 131 cm³/mol. The lowest BCUT2D eigenvalue weighted by atomic mass is 9.97. The van der Waals surface area contributed by atoms with Crippen LogP contribution in [-0.2, 0) is 9.53 Å². The smallest absolute Gasteiger partial charge is 0.260 e. The van der Waals surface area contributed by atoms with Gasteiger partial charge in [-0.3, -0.25) is 4.79 Å². The van der Waals surface area contributed by atoms with Gasteiger partial charge in [-0.2, -0.15) is 0 Å². The van der Waals surface area contributed by atoms with E-state index in [1.54, 1.807) is 12.1 Å². The van der Waals surface area contributed by atoms with Crippen molar-refractivity contribution >= 4 is 40.2 Å². The molecule has 3 aromatic rings. The average molecular weight is 481 g/mol. The minimum atomic E-state index is -0.636. The summed E-state index contributed by atoms with van der Waals surface area (Å²) in [5.74, 6) is -1.40. The Morgan fingerprint density at radius 2 is 1.82 bits per heavy atom. The van der Waals surface area contributed by atoms with Crippen LogP contribution in [0.1, 0.15) is 11.1 Å². The molecule has 0 radical (unpaired) electrons. The van der Waals surface area contributed by atoms with Crippen molar-refractivity contribution < 1.29 is 23.8 Å². The Balaban J connectivity index is 1.53. The number of carbonyl (C=O) groups is 1. The molecule has 2 heterocycles. The number of hydrogen-bond donors (Lipinski definition) is 2. The van der Waals surface area contributed by atoms with Crippen LogP contribution in [0.5, 0.6) is 5.75 Å². The third-order valence-corrected chi connectivity index (χ3v) is 6.38. The van der Waals surface area contributed by atoms with Gasteiger partial charge in [0.1, 0.15) is 5.76 Å². The molecule has 0 bridgehead atoms. The number of amides is 1. The molecule has 0 aromatic heterocycles. The zero-order valence-corrected chi connectivity index (χ0v) is 19.2. The molecule has 3 aromatic carbocycles. The second-order valence-corrected chi connectivity index (χ2v) is 8.46. The molecule has 5 rings (SSSR count). The van der Waals surface area contributed by atoms with Crippen molar-refractivity contribution in [2.75, 3.05) is 43.6 Å². The minimum absolute atomic E-state index is 0.0485. The molecule has 1 fully saturated rings. The van der Waals surface area contributed by atoms with E-state index in [9.17, 15) is 14.3 Å². The molecular weight excluding hydrogens is 459 g/mol. The van der Waals surface area contributed by atoms with Crippen molar-refractivity contribution in [3.8, 4) is 16.9 Å². The molecule has 2 N–H and O–H groups in total. The standard InChI is InChI=1S/C26H22ClFN2O4/c1-33-23-7-4-16(12-21(23)28)25(31)24-19-13-18(20(27)14-22(19)29-26(24)32)15-2-5-17(6-3-15)30-8-10-34-11-9-30/h2-7,12-14,31H,8-11H2,1H3,(H,29,32). The molecule has 1 amide bonds. The summed E-state index contributed by atoms with van der Waals surface area (Å²) in [6, 6.07) is 15.5. The molecular formula is C26H22ClFN2O4. The van der Waals surface area contributed by atoms with Crippen LogP contribution in [0.25, 0.3) is 22.5 Å². The lowest BCUT2D eigenvalue weighted by Crippen LogP contribution is -2.36. The molecule has 2 aliphatic heterocycles. The van der Waals surface area contributed by atoms with Crippen molar-refractivity contribution in [3.63, 3.8) is 0 Å². The summed E-state index contributed by atoms with van der Waals surface area (Å²) in [6.45, 7) is 3.09. The number of carbonyl (C=O) groups excluding carboxylic acids is 1. The number of halogens is 2. The van der Waals surface area contributed by atoms with E-state index in [1.165, 1.54) is 19.2 Å². The Labute approximate surface area is 201 Å². The first-order valence-corrected chi connectivity index (χ1v) is 11.2. The molecule has 174 valence electrons. The van der Waals surface area contributed by atoms with E-state index in [-0.39, 0.29) is 22.6 Å². The maximum atomic E-state index is 14.2. The Hall–Kier alpha value is -3.55. The van der Waals surface area contributed by atoms with Gasteiger partial charge in [0.25, 0.3) is 5.91 Å². The normalized spacial score (nSPS) is 16.8. The van der Waals surface area contributed by atoms with E-state index in [4.69, 9.17) is 21.1 Å². The SMILES string of the molecule is COc1ccc(C(O)=C2C(=O)Nc3cc(Cl)c(-c4ccc(N5CCOCC5)cc4)cc32)cc1F. The first-order chi connectivity index (χ1) is 16.5. The lowest BCUT2D eigenvalue weighted by molar-refractivity contribution is -0.110. The van der Waals surface area contributed by atoms with Crippen molar-refractivity contribution in [2.45, 2.75) is 0 Å². The van der Waals surface area contributed by atoms with Gasteiger partial charge >= 0.3 is 0 Å². The van der Waals surface area contributed by atoms with Crippen LogP contribution in [0, 0.1) is 5.82 Å². The number of anilines is 2. The van der Waals surface area contributed by atoms with Crippen LogP contribution in [0.4, 0.5) is 15.8 Å². The van der Waals surface area contributed by atoms with Gasteiger partial charge in [-0.05, 0) is 48.0 Å². The summed E-state index contributed by atoms with van der Waals surface area (Å²) in [5, 5.41) is 14.1. The molecule has 8 heteroatoms. The number of rotatable bonds is 4. The van der Waals surface area contributed by atoms with E-state index in [0.717, 1.165) is 36.0 Å². The number of nitrogens with one attached hydrogen (secondary N) is 1. The number of hydrogen-bond acceptors (Lipinski definition) is 5. The predicted octanol–water partition coefficient (Wildman–Crippen LogP) is 5.37. The molecule has 0 saturated carbocycles. The van der Waals surface area contributed by atoms with Crippen LogP contribution in [0.3, 0.4) is 0 Å². The first-order valence-electron chi connectivity index (χ1n) is 10.8. The van der Waals surface area contributed by atoms with Gasteiger partial charge in [-0.25, -0.2) is 4.39 Å². The number of aliphatic hydroxyl groups excluding tert-OH is 1. The number of fused-ring (bicyclic) bond motifs is 1. The molecule has 0 unspecified atom stereocenters.